The quantitative estimate of drug-likeness (QED) is 0.0496. The summed E-state index contributed by atoms with van der Waals surface area (Å²) in [4.78, 5) is 63.1. The molecule has 20 heteroatoms. The summed E-state index contributed by atoms with van der Waals surface area (Å²) in [5.74, 6) is -2.42. The molecule has 0 radical (unpaired) electrons. The van der Waals surface area contributed by atoms with Crippen molar-refractivity contribution in [3.63, 3.8) is 0 Å². The number of nitrogens with zero attached hydrogens (tertiary/aromatic N) is 5. The highest BCUT2D eigenvalue weighted by Gasteiger charge is 2.51. The number of benzene rings is 3. The van der Waals surface area contributed by atoms with Gasteiger partial charge < -0.3 is 34.6 Å². The number of nitrogens with one attached hydrogen (secondary N) is 2. The number of aryl methyl sites for hydroxylation is 1. The van der Waals surface area contributed by atoms with Gasteiger partial charge in [0.25, 0.3) is 5.91 Å². The number of aromatic nitrogens is 1. The largest absolute Gasteiger partial charge is 0.491 e. The van der Waals surface area contributed by atoms with Gasteiger partial charge in [0.1, 0.15) is 24.2 Å². The Hall–Kier alpha value is -6.01. The number of alkyl halides is 3. The normalized spacial score (nSPS) is 16.4. The standard InChI is InChI=1S/C50H57F4N7O7S2/c1-31-42(70-30-57-31)33-14-12-32(13-15-33)28-56-44(63)39-11-9-20-59(39)45(64)43(48(2,3)4)58-41(62)29-67-23-10-22-66-21-7-8-24-68-40-19-18-36(26-38(40)51)61-47(69)60(46(65)49(61,5)6)35-17-16-34(27-55)37(25-35)50(52,53)54/h12-19,25-26,30,39,43H,7-11,20-24,28-29H2,1-6H3,(H,56,63)(H,58,62)/t39-,43?/m0/s1. The molecular weight excluding hydrogens is 951 g/mol. The van der Waals surface area contributed by atoms with Crippen LogP contribution in [0, 0.1) is 29.5 Å². The lowest BCUT2D eigenvalue weighted by Gasteiger charge is -2.35. The van der Waals surface area contributed by atoms with Gasteiger partial charge in [-0.3, -0.25) is 24.1 Å². The molecule has 2 aliphatic rings. The number of amides is 4. The highest BCUT2D eigenvalue weighted by molar-refractivity contribution is 7.81. The number of hydrogen-bond acceptors (Lipinski definition) is 11. The lowest BCUT2D eigenvalue weighted by Crippen LogP contribution is -2.58. The van der Waals surface area contributed by atoms with E-state index in [1.807, 2.05) is 57.5 Å². The van der Waals surface area contributed by atoms with Crippen LogP contribution in [-0.4, -0.2) is 95.8 Å². The van der Waals surface area contributed by atoms with E-state index in [9.17, 15) is 37.6 Å². The number of ether oxygens (including phenoxy) is 3. The van der Waals surface area contributed by atoms with Crippen LogP contribution < -0.4 is 25.2 Å². The number of likely N-dealkylation sites (tertiary alicyclic amines) is 1. The van der Waals surface area contributed by atoms with Crippen molar-refractivity contribution in [1.82, 2.24) is 20.5 Å². The van der Waals surface area contributed by atoms with E-state index in [1.165, 1.54) is 43.0 Å². The van der Waals surface area contributed by atoms with E-state index in [0.29, 0.717) is 64.5 Å². The number of rotatable bonds is 20. The highest BCUT2D eigenvalue weighted by atomic mass is 32.1. The van der Waals surface area contributed by atoms with Crippen molar-refractivity contribution in [2.45, 2.75) is 104 Å². The Balaban J connectivity index is 0.870. The minimum absolute atomic E-state index is 0.0446. The molecule has 2 aliphatic heterocycles. The van der Waals surface area contributed by atoms with Crippen molar-refractivity contribution in [3.05, 3.63) is 94.4 Å². The molecule has 14 nitrogen and oxygen atoms in total. The van der Waals surface area contributed by atoms with Gasteiger partial charge in [-0.25, -0.2) is 9.37 Å². The van der Waals surface area contributed by atoms with Crippen molar-refractivity contribution in [2.24, 2.45) is 5.41 Å². The van der Waals surface area contributed by atoms with E-state index < -0.39 is 58.0 Å². The number of thiocarbonyl (C=S) groups is 1. The maximum absolute atomic E-state index is 15.3. The zero-order valence-corrected chi connectivity index (χ0v) is 41.5. The summed E-state index contributed by atoms with van der Waals surface area (Å²) < 4.78 is 73.3. The molecule has 0 bridgehead atoms. The van der Waals surface area contributed by atoms with Crippen molar-refractivity contribution in [3.8, 4) is 22.3 Å². The number of anilines is 2. The number of thiazole rings is 1. The Morgan fingerprint density at radius 1 is 0.971 bits per heavy atom. The Morgan fingerprint density at radius 3 is 2.31 bits per heavy atom. The minimum Gasteiger partial charge on any atom is -0.491 e. The lowest BCUT2D eigenvalue weighted by atomic mass is 9.85. The third-order valence-electron chi connectivity index (χ3n) is 12.0. The number of unbranched alkanes of at least 4 members (excludes halogenated alkanes) is 1. The summed E-state index contributed by atoms with van der Waals surface area (Å²) >= 11 is 7.12. The molecule has 1 unspecified atom stereocenters. The van der Waals surface area contributed by atoms with Crippen LogP contribution in [0.1, 0.15) is 89.1 Å². The van der Waals surface area contributed by atoms with Crippen molar-refractivity contribution in [1.29, 1.82) is 5.26 Å². The molecule has 3 aromatic carbocycles. The molecule has 0 aliphatic carbocycles. The van der Waals surface area contributed by atoms with Crippen LogP contribution in [-0.2, 0) is 41.4 Å². The van der Waals surface area contributed by atoms with Crippen LogP contribution >= 0.6 is 23.6 Å². The van der Waals surface area contributed by atoms with Gasteiger partial charge in [0.2, 0.25) is 17.7 Å². The molecular formula is C50H57F4N7O7S2. The maximum Gasteiger partial charge on any atom is 0.417 e. The number of hydrogen-bond donors (Lipinski definition) is 2. The Labute approximate surface area is 414 Å². The average Bonchev–Trinajstić information content (AvgIpc) is 4.02. The first-order chi connectivity index (χ1) is 33.1. The first kappa shape index (κ1) is 53.3. The molecule has 374 valence electrons. The van der Waals surface area contributed by atoms with Crippen molar-refractivity contribution < 1.29 is 51.0 Å². The molecule has 6 rings (SSSR count). The van der Waals surface area contributed by atoms with Crippen LogP contribution in [0.25, 0.3) is 10.4 Å². The van der Waals surface area contributed by atoms with Crippen LogP contribution in [0.15, 0.2) is 66.2 Å². The molecule has 4 amide bonds. The van der Waals surface area contributed by atoms with Crippen molar-refractivity contribution >= 4 is 63.7 Å². The molecule has 2 atom stereocenters. The molecule has 2 fully saturated rings. The number of nitriles is 1. The van der Waals surface area contributed by atoms with Gasteiger partial charge in [-0.15, -0.1) is 11.3 Å². The second kappa shape index (κ2) is 22.8. The zero-order chi connectivity index (χ0) is 51.0. The summed E-state index contributed by atoms with van der Waals surface area (Å²) in [5.41, 5.74) is 0.935. The topological polar surface area (TPSA) is 166 Å². The van der Waals surface area contributed by atoms with Crippen molar-refractivity contribution in [2.75, 3.05) is 49.4 Å². The molecule has 2 saturated heterocycles. The minimum atomic E-state index is -4.85. The zero-order valence-electron chi connectivity index (χ0n) is 39.9. The Morgan fingerprint density at radius 2 is 1.66 bits per heavy atom. The number of carbonyl (C=O) groups is 4. The average molecular weight is 1010 g/mol. The first-order valence-corrected chi connectivity index (χ1v) is 24.2. The fraction of sp³-hybridized carbons (Fsp3) is 0.460. The van der Waals surface area contributed by atoms with E-state index >= 15 is 4.39 Å². The van der Waals surface area contributed by atoms with Gasteiger partial charge in [0.05, 0.1) is 45.6 Å². The third-order valence-corrected chi connectivity index (χ3v) is 13.3. The molecule has 3 heterocycles. The van der Waals surface area contributed by atoms with Crippen LogP contribution in [0.4, 0.5) is 28.9 Å². The van der Waals surface area contributed by atoms with E-state index in [4.69, 9.17) is 26.4 Å². The maximum atomic E-state index is 15.3. The Kier molecular flexibility index (Phi) is 17.4. The van der Waals surface area contributed by atoms with Crippen LogP contribution in [0.3, 0.4) is 0 Å². The van der Waals surface area contributed by atoms with E-state index in [0.717, 1.165) is 38.7 Å². The smallest absolute Gasteiger partial charge is 0.417 e. The summed E-state index contributed by atoms with van der Waals surface area (Å²) in [5, 5.41) is 14.9. The van der Waals surface area contributed by atoms with Crippen LogP contribution in [0.2, 0.25) is 0 Å². The number of carbonyl (C=O) groups excluding carboxylic acids is 4. The summed E-state index contributed by atoms with van der Waals surface area (Å²) in [6, 6.07) is 14.8. The van der Waals surface area contributed by atoms with Gasteiger partial charge in [-0.2, -0.15) is 18.4 Å². The van der Waals surface area contributed by atoms with Gasteiger partial charge >= 0.3 is 6.18 Å². The second-order valence-electron chi connectivity index (χ2n) is 18.6. The van der Waals surface area contributed by atoms with E-state index in [-0.39, 0.29) is 53.9 Å². The SMILES string of the molecule is Cc1ncsc1-c1ccc(CNC(=O)[C@@H]2CCCN2C(=O)C(NC(=O)COCCCOCCCCOc2ccc(N3C(=S)N(c4ccc(C#N)c(C(F)(F)F)c4)C(=O)C3(C)C)cc2F)C(C)(C)C)cc1. The third kappa shape index (κ3) is 12.7. The second-order valence-corrected chi connectivity index (χ2v) is 19.8. The van der Waals surface area contributed by atoms with E-state index in [1.54, 1.807) is 16.2 Å². The van der Waals surface area contributed by atoms with Gasteiger partial charge in [-0.1, -0.05) is 45.0 Å². The summed E-state index contributed by atoms with van der Waals surface area (Å²) in [7, 11) is 0. The highest BCUT2D eigenvalue weighted by Crippen LogP contribution is 2.40. The summed E-state index contributed by atoms with van der Waals surface area (Å²) in [6.07, 6.45) is -2.01. The predicted molar refractivity (Wildman–Crippen MR) is 260 cm³/mol. The molecule has 4 aromatic rings. The molecule has 0 saturated carbocycles. The molecule has 70 heavy (non-hydrogen) atoms. The van der Waals surface area contributed by atoms with Gasteiger partial charge in [0.15, 0.2) is 16.7 Å². The monoisotopic (exact) mass is 1010 g/mol. The molecule has 0 spiro atoms. The van der Waals surface area contributed by atoms with E-state index in [2.05, 4.69) is 15.6 Å². The fourth-order valence-electron chi connectivity index (χ4n) is 8.20. The predicted octanol–water partition coefficient (Wildman–Crippen LogP) is 8.49. The fourth-order valence-corrected chi connectivity index (χ4v) is 9.54. The first-order valence-electron chi connectivity index (χ1n) is 22.9. The summed E-state index contributed by atoms with van der Waals surface area (Å²) in [6.45, 7) is 12.2. The molecule has 1 aromatic heterocycles. The van der Waals surface area contributed by atoms with Crippen LogP contribution in [0.5, 0.6) is 5.75 Å². The number of halogens is 4. The Bertz CT molecular complexity index is 2590. The van der Waals surface area contributed by atoms with Gasteiger partial charge in [-0.05, 0) is 112 Å². The van der Waals surface area contributed by atoms with Gasteiger partial charge in [0, 0.05) is 44.7 Å². The molecule has 2 N–H and O–H groups in total. The lowest BCUT2D eigenvalue weighted by molar-refractivity contribution is -0.144.